The summed E-state index contributed by atoms with van der Waals surface area (Å²) in [6.45, 7) is -0.301. The minimum absolute atomic E-state index is 0.0311. The molecule has 0 spiro atoms. The van der Waals surface area contributed by atoms with E-state index in [9.17, 15) is 23.2 Å². The fourth-order valence-corrected chi connectivity index (χ4v) is 4.34. The summed E-state index contributed by atoms with van der Waals surface area (Å²) in [6.07, 6.45) is -3.07. The molecule has 0 unspecified atom stereocenters. The zero-order valence-corrected chi connectivity index (χ0v) is 18.8. The van der Waals surface area contributed by atoms with Gasteiger partial charge in [-0.05, 0) is 59.2 Å². The number of aromatic nitrogens is 4. The number of nitrogens with zero attached hydrogens (tertiary/aromatic N) is 6. The molecule has 5 rings (SSSR count). The van der Waals surface area contributed by atoms with E-state index in [1.807, 2.05) is 0 Å². The van der Waals surface area contributed by atoms with Gasteiger partial charge in [-0.25, -0.2) is 4.98 Å². The molecule has 0 N–H and O–H groups in total. The molecule has 1 aliphatic heterocycles. The van der Waals surface area contributed by atoms with Gasteiger partial charge in [-0.15, -0.1) is 10.2 Å². The lowest BCUT2D eigenvalue weighted by Crippen LogP contribution is -2.24. The van der Waals surface area contributed by atoms with Crippen LogP contribution in [0.4, 0.5) is 19.0 Å². The van der Waals surface area contributed by atoms with Crippen LogP contribution < -0.4 is 4.90 Å². The fraction of sp³-hybridized carbons (Fsp3) is 0.125. The lowest BCUT2D eigenvalue weighted by Gasteiger charge is -2.18. The second-order valence-electron chi connectivity index (χ2n) is 7.90. The van der Waals surface area contributed by atoms with Crippen molar-refractivity contribution in [3.8, 4) is 28.6 Å². The minimum atomic E-state index is -4.60. The average molecular weight is 495 g/mol. The normalized spacial score (nSPS) is 13.1. The number of carbonyl (C=O) groups excluding carboxylic acids is 1. The largest absolute Gasteiger partial charge is 0.416 e. The molecule has 11 heteroatoms. The van der Waals surface area contributed by atoms with Gasteiger partial charge in [-0.3, -0.25) is 9.69 Å². The topological polar surface area (TPSA) is 87.7 Å². The first-order valence-corrected chi connectivity index (χ1v) is 10.6. The molecule has 0 fully saturated rings. The number of aryl methyl sites for hydroxylation is 1. The highest BCUT2D eigenvalue weighted by Gasteiger charge is 2.40. The Bertz CT molecular complexity index is 1540. The SMILES string of the molecule is Cn1cnnc1-c1ccc(C#N)cc1-c1cc(Cl)nc(N2Cc3c(cccc3C(F)(F)F)C2=O)c1. The Balaban J connectivity index is 1.63. The third kappa shape index (κ3) is 3.90. The van der Waals surface area contributed by atoms with Crippen LogP contribution in [0.5, 0.6) is 0 Å². The summed E-state index contributed by atoms with van der Waals surface area (Å²) in [5.74, 6) is 0.0117. The maximum absolute atomic E-state index is 13.5. The van der Waals surface area contributed by atoms with Gasteiger partial charge in [0, 0.05) is 18.2 Å². The highest BCUT2D eigenvalue weighted by molar-refractivity contribution is 6.30. The summed E-state index contributed by atoms with van der Waals surface area (Å²) in [5, 5.41) is 17.5. The first-order valence-electron chi connectivity index (χ1n) is 10.2. The van der Waals surface area contributed by atoms with Crippen LogP contribution in [0.25, 0.3) is 22.5 Å². The Kier molecular flexibility index (Phi) is 5.29. The lowest BCUT2D eigenvalue weighted by atomic mass is 9.97. The van der Waals surface area contributed by atoms with Crippen LogP contribution in [0.3, 0.4) is 0 Å². The molecular formula is C24H14ClF3N6O. The van der Waals surface area contributed by atoms with E-state index >= 15 is 0 Å². The molecule has 7 nitrogen and oxygen atoms in total. The van der Waals surface area contributed by atoms with Gasteiger partial charge in [0.1, 0.15) is 17.3 Å². The maximum atomic E-state index is 13.5. The number of benzene rings is 2. The molecule has 1 aliphatic rings. The summed E-state index contributed by atoms with van der Waals surface area (Å²) in [5.41, 5.74) is 1.10. The van der Waals surface area contributed by atoms with E-state index < -0.39 is 17.6 Å². The lowest BCUT2D eigenvalue weighted by molar-refractivity contribution is -0.138. The van der Waals surface area contributed by atoms with Crippen LogP contribution in [-0.2, 0) is 19.8 Å². The number of halogens is 4. The Morgan fingerprint density at radius 2 is 1.89 bits per heavy atom. The molecule has 0 bridgehead atoms. The van der Waals surface area contributed by atoms with Crippen molar-refractivity contribution >= 4 is 23.3 Å². The molecule has 2 aromatic carbocycles. The van der Waals surface area contributed by atoms with Crippen LogP contribution in [-0.4, -0.2) is 25.7 Å². The summed E-state index contributed by atoms with van der Waals surface area (Å²) in [7, 11) is 1.76. The van der Waals surface area contributed by atoms with Crippen molar-refractivity contribution in [2.75, 3.05) is 4.90 Å². The van der Waals surface area contributed by atoms with Gasteiger partial charge in [0.25, 0.3) is 5.91 Å². The Hall–Kier alpha value is -4.23. The number of pyridine rings is 1. The van der Waals surface area contributed by atoms with Crippen LogP contribution in [0, 0.1) is 11.3 Å². The quantitative estimate of drug-likeness (QED) is 0.363. The zero-order chi connectivity index (χ0) is 24.9. The summed E-state index contributed by atoms with van der Waals surface area (Å²) in [6, 6.07) is 13.7. The van der Waals surface area contributed by atoms with Gasteiger partial charge in [0.2, 0.25) is 0 Å². The maximum Gasteiger partial charge on any atom is 0.416 e. The van der Waals surface area contributed by atoms with Crippen molar-refractivity contribution in [3.63, 3.8) is 0 Å². The molecule has 0 aliphatic carbocycles. The van der Waals surface area contributed by atoms with E-state index in [1.54, 1.807) is 41.9 Å². The number of rotatable bonds is 3. The summed E-state index contributed by atoms with van der Waals surface area (Å²) >= 11 is 6.30. The minimum Gasteiger partial charge on any atom is -0.317 e. The Morgan fingerprint density at radius 1 is 1.09 bits per heavy atom. The van der Waals surface area contributed by atoms with Crippen molar-refractivity contribution in [2.24, 2.45) is 7.05 Å². The number of fused-ring (bicyclic) bond motifs is 1. The monoisotopic (exact) mass is 494 g/mol. The van der Waals surface area contributed by atoms with Crippen molar-refractivity contribution in [1.82, 2.24) is 19.7 Å². The molecule has 1 amide bonds. The average Bonchev–Trinajstić information content (AvgIpc) is 3.40. The summed E-state index contributed by atoms with van der Waals surface area (Å²) < 4.78 is 42.3. The first-order chi connectivity index (χ1) is 16.7. The number of hydrogen-bond donors (Lipinski definition) is 0. The highest BCUT2D eigenvalue weighted by atomic mass is 35.5. The van der Waals surface area contributed by atoms with E-state index in [1.165, 1.54) is 18.5 Å². The van der Waals surface area contributed by atoms with E-state index in [4.69, 9.17) is 11.6 Å². The van der Waals surface area contributed by atoms with Crippen LogP contribution in [0.1, 0.15) is 27.0 Å². The van der Waals surface area contributed by atoms with Gasteiger partial charge >= 0.3 is 6.18 Å². The van der Waals surface area contributed by atoms with Crippen molar-refractivity contribution in [2.45, 2.75) is 12.7 Å². The number of nitriles is 1. The summed E-state index contributed by atoms with van der Waals surface area (Å²) in [4.78, 5) is 18.4. The number of alkyl halides is 3. The standard InChI is InChI=1S/C24H14ClF3N6O/c1-33-12-30-32-22(33)15-6-5-13(10-29)7-17(15)14-8-20(25)31-21(9-14)34-11-18-16(23(34)35)3-2-4-19(18)24(26,27)28/h2-9,12H,11H2,1H3. The predicted molar refractivity (Wildman–Crippen MR) is 121 cm³/mol. The second-order valence-corrected chi connectivity index (χ2v) is 8.28. The molecule has 4 aromatic rings. The van der Waals surface area contributed by atoms with Crippen molar-refractivity contribution < 1.29 is 18.0 Å². The molecule has 35 heavy (non-hydrogen) atoms. The second kappa shape index (κ2) is 8.21. The van der Waals surface area contributed by atoms with E-state index in [0.29, 0.717) is 28.1 Å². The number of amides is 1. The van der Waals surface area contributed by atoms with Gasteiger partial charge in [-0.1, -0.05) is 17.7 Å². The first kappa shape index (κ1) is 22.6. The van der Waals surface area contributed by atoms with Crippen molar-refractivity contribution in [1.29, 1.82) is 5.26 Å². The van der Waals surface area contributed by atoms with E-state index in [2.05, 4.69) is 21.3 Å². The molecule has 0 saturated heterocycles. The van der Waals surface area contributed by atoms with Crippen LogP contribution >= 0.6 is 11.6 Å². The molecule has 0 radical (unpaired) electrons. The zero-order valence-electron chi connectivity index (χ0n) is 18.0. The van der Waals surface area contributed by atoms with Crippen LogP contribution in [0.15, 0.2) is 54.9 Å². The van der Waals surface area contributed by atoms with Gasteiger partial charge < -0.3 is 4.57 Å². The molecule has 2 aromatic heterocycles. The molecule has 0 saturated carbocycles. The van der Waals surface area contributed by atoms with E-state index in [0.717, 1.165) is 11.0 Å². The van der Waals surface area contributed by atoms with Crippen LogP contribution in [0.2, 0.25) is 5.15 Å². The third-order valence-corrected chi connectivity index (χ3v) is 5.94. The predicted octanol–water partition coefficient (Wildman–Crippen LogP) is 5.25. The third-order valence-electron chi connectivity index (χ3n) is 5.74. The molecule has 3 heterocycles. The molecule has 0 atom stereocenters. The van der Waals surface area contributed by atoms with Gasteiger partial charge in [-0.2, -0.15) is 18.4 Å². The van der Waals surface area contributed by atoms with Crippen molar-refractivity contribution in [3.05, 3.63) is 82.3 Å². The van der Waals surface area contributed by atoms with Gasteiger partial charge in [0.05, 0.1) is 23.7 Å². The highest BCUT2D eigenvalue weighted by Crippen LogP contribution is 2.40. The molecular weight excluding hydrogens is 481 g/mol. The number of hydrogen-bond acceptors (Lipinski definition) is 5. The van der Waals surface area contributed by atoms with E-state index in [-0.39, 0.29) is 28.6 Å². The Labute approximate surface area is 202 Å². The Morgan fingerprint density at radius 3 is 2.57 bits per heavy atom. The fourth-order valence-electron chi connectivity index (χ4n) is 4.13. The number of anilines is 1. The molecule has 174 valence electrons. The number of carbonyl (C=O) groups is 1. The smallest absolute Gasteiger partial charge is 0.317 e. The van der Waals surface area contributed by atoms with Gasteiger partial charge in [0.15, 0.2) is 5.82 Å².